The Balaban J connectivity index is 2.33. The molecule has 1 fully saturated rings. The molecule has 0 N–H and O–H groups in total. The van der Waals surface area contributed by atoms with Crippen LogP contribution in [0.4, 0.5) is 8.78 Å². The Bertz CT molecular complexity index is 254. The first kappa shape index (κ1) is 15.6. The smallest absolute Gasteiger partial charge is 0.261 e. The van der Waals surface area contributed by atoms with Crippen LogP contribution in [0.5, 0.6) is 0 Å². The van der Waals surface area contributed by atoms with E-state index in [-0.39, 0.29) is 25.0 Å². The maximum absolute atomic E-state index is 12.0. The van der Waals surface area contributed by atoms with E-state index in [1.54, 1.807) is 4.90 Å². The van der Waals surface area contributed by atoms with Gasteiger partial charge >= 0.3 is 0 Å². The van der Waals surface area contributed by atoms with Crippen LogP contribution >= 0.6 is 11.6 Å². The molecule has 1 atom stereocenters. The molecule has 1 aliphatic heterocycles. The van der Waals surface area contributed by atoms with Gasteiger partial charge < -0.3 is 9.64 Å². The number of amides is 1. The normalized spacial score (nSPS) is 21.1. The molecule has 1 aliphatic rings. The lowest BCUT2D eigenvalue weighted by atomic mass is 10.1. The fourth-order valence-electron chi connectivity index (χ4n) is 2.14. The molecule has 6 heteroatoms. The highest BCUT2D eigenvalue weighted by Crippen LogP contribution is 2.18. The van der Waals surface area contributed by atoms with E-state index in [1.807, 2.05) is 0 Å². The van der Waals surface area contributed by atoms with Gasteiger partial charge in [-0.25, -0.2) is 8.78 Å². The Morgan fingerprint density at radius 2 is 2.17 bits per heavy atom. The quantitative estimate of drug-likeness (QED) is 0.554. The van der Waals surface area contributed by atoms with Crippen LogP contribution in [-0.4, -0.2) is 48.9 Å². The number of hydrogen-bond donors (Lipinski definition) is 0. The highest BCUT2D eigenvalue weighted by atomic mass is 35.5. The molecule has 0 aromatic heterocycles. The third-order valence-electron chi connectivity index (χ3n) is 3.08. The van der Waals surface area contributed by atoms with E-state index in [1.165, 1.54) is 0 Å². The monoisotopic (exact) mass is 283 g/mol. The summed E-state index contributed by atoms with van der Waals surface area (Å²) in [5.74, 6) is 0.390. The van der Waals surface area contributed by atoms with Gasteiger partial charge in [0.15, 0.2) is 0 Å². The Morgan fingerprint density at radius 1 is 1.39 bits per heavy atom. The first-order valence-corrected chi connectivity index (χ1v) is 6.90. The number of ether oxygens (including phenoxy) is 1. The van der Waals surface area contributed by atoms with Gasteiger partial charge in [-0.15, -0.1) is 11.6 Å². The summed E-state index contributed by atoms with van der Waals surface area (Å²) in [5.41, 5.74) is 0. The van der Waals surface area contributed by atoms with Gasteiger partial charge in [0.05, 0.1) is 13.0 Å². The maximum atomic E-state index is 12.0. The summed E-state index contributed by atoms with van der Waals surface area (Å²) in [4.78, 5) is 13.7. The van der Waals surface area contributed by atoms with Crippen molar-refractivity contribution in [3.63, 3.8) is 0 Å². The van der Waals surface area contributed by atoms with Gasteiger partial charge in [0.2, 0.25) is 5.91 Å². The van der Waals surface area contributed by atoms with Gasteiger partial charge in [-0.2, -0.15) is 0 Å². The fraction of sp³-hybridized carbons (Fsp3) is 0.917. The number of likely N-dealkylation sites (tertiary alicyclic amines) is 1. The largest absolute Gasteiger partial charge is 0.375 e. The summed E-state index contributed by atoms with van der Waals surface area (Å²) in [6.45, 7) is 0.159. The van der Waals surface area contributed by atoms with Crippen LogP contribution in [0.15, 0.2) is 0 Å². The predicted octanol–water partition coefficient (Wildman–Crippen LogP) is 2.67. The zero-order valence-electron chi connectivity index (χ0n) is 10.4. The standard InChI is InChI=1S/C12H20ClF2NO2/c13-8-10-4-2-1-3-6-16(10)12(17)5-7-18-9-11(14)15/h10-11H,1-9H2. The molecular weight excluding hydrogens is 264 g/mol. The topological polar surface area (TPSA) is 29.5 Å². The average molecular weight is 284 g/mol. The van der Waals surface area contributed by atoms with E-state index in [4.69, 9.17) is 16.3 Å². The molecule has 18 heavy (non-hydrogen) atoms. The molecule has 0 saturated carbocycles. The first-order valence-electron chi connectivity index (χ1n) is 6.36. The molecule has 1 rings (SSSR count). The highest BCUT2D eigenvalue weighted by Gasteiger charge is 2.24. The third-order valence-corrected chi connectivity index (χ3v) is 3.44. The minimum atomic E-state index is -2.48. The molecule has 3 nitrogen and oxygen atoms in total. The van der Waals surface area contributed by atoms with Gasteiger partial charge in [0, 0.05) is 18.5 Å². The first-order chi connectivity index (χ1) is 8.65. The lowest BCUT2D eigenvalue weighted by Crippen LogP contribution is -2.41. The van der Waals surface area contributed by atoms with Crippen LogP contribution in [0.3, 0.4) is 0 Å². The minimum absolute atomic E-state index is 0.0446. The van der Waals surface area contributed by atoms with Gasteiger partial charge in [0.25, 0.3) is 6.43 Å². The molecule has 0 aromatic carbocycles. The molecule has 0 spiro atoms. The lowest BCUT2D eigenvalue weighted by molar-refractivity contribution is -0.134. The van der Waals surface area contributed by atoms with Crippen LogP contribution in [0.2, 0.25) is 0 Å². The summed E-state index contributed by atoms with van der Waals surface area (Å²) < 4.78 is 28.4. The van der Waals surface area contributed by atoms with E-state index >= 15 is 0 Å². The summed E-state index contributed by atoms with van der Waals surface area (Å²) in [7, 11) is 0. The molecule has 1 unspecified atom stereocenters. The van der Waals surface area contributed by atoms with Crippen molar-refractivity contribution in [1.82, 2.24) is 4.90 Å². The predicted molar refractivity (Wildman–Crippen MR) is 66.1 cm³/mol. The van der Waals surface area contributed by atoms with Crippen molar-refractivity contribution in [2.45, 2.75) is 44.6 Å². The minimum Gasteiger partial charge on any atom is -0.375 e. The van der Waals surface area contributed by atoms with Crippen molar-refractivity contribution in [2.75, 3.05) is 25.6 Å². The number of alkyl halides is 3. The Hall–Kier alpha value is -0.420. The Morgan fingerprint density at radius 3 is 2.83 bits per heavy atom. The number of carbonyl (C=O) groups excluding carboxylic acids is 1. The van der Waals surface area contributed by atoms with Crippen molar-refractivity contribution < 1.29 is 18.3 Å². The molecule has 1 amide bonds. The van der Waals surface area contributed by atoms with Crippen LogP contribution in [0.1, 0.15) is 32.1 Å². The number of halogens is 3. The molecular formula is C12H20ClF2NO2. The van der Waals surface area contributed by atoms with Crippen LogP contribution in [0, 0.1) is 0 Å². The molecule has 106 valence electrons. The van der Waals surface area contributed by atoms with E-state index in [2.05, 4.69) is 0 Å². The highest BCUT2D eigenvalue weighted by molar-refractivity contribution is 6.18. The van der Waals surface area contributed by atoms with Crippen molar-refractivity contribution in [2.24, 2.45) is 0 Å². The number of carbonyl (C=O) groups is 1. The summed E-state index contributed by atoms with van der Waals surface area (Å²) >= 11 is 5.87. The van der Waals surface area contributed by atoms with Gasteiger partial charge in [-0.3, -0.25) is 4.79 Å². The number of hydrogen-bond acceptors (Lipinski definition) is 2. The fourth-order valence-corrected chi connectivity index (χ4v) is 2.46. The van der Waals surface area contributed by atoms with E-state index in [9.17, 15) is 13.6 Å². The molecule has 0 aromatic rings. The lowest BCUT2D eigenvalue weighted by Gasteiger charge is -2.28. The molecule has 0 aliphatic carbocycles. The van der Waals surface area contributed by atoms with Crippen LogP contribution < -0.4 is 0 Å². The molecule has 0 bridgehead atoms. The van der Waals surface area contributed by atoms with Crippen molar-refractivity contribution >= 4 is 17.5 Å². The second-order valence-corrected chi connectivity index (χ2v) is 4.77. The van der Waals surface area contributed by atoms with Crippen LogP contribution in [-0.2, 0) is 9.53 Å². The Kier molecular flexibility index (Phi) is 7.51. The van der Waals surface area contributed by atoms with Gasteiger partial charge in [-0.1, -0.05) is 12.8 Å². The van der Waals surface area contributed by atoms with Crippen molar-refractivity contribution in [3.05, 3.63) is 0 Å². The second kappa shape index (κ2) is 8.64. The zero-order chi connectivity index (χ0) is 13.4. The van der Waals surface area contributed by atoms with E-state index in [0.29, 0.717) is 12.4 Å². The number of rotatable bonds is 6. The van der Waals surface area contributed by atoms with Crippen LogP contribution in [0.25, 0.3) is 0 Å². The SMILES string of the molecule is O=C(CCOCC(F)F)N1CCCCCC1CCl. The second-order valence-electron chi connectivity index (χ2n) is 4.46. The molecule has 1 heterocycles. The third kappa shape index (κ3) is 5.48. The summed E-state index contributed by atoms with van der Waals surface area (Å²) in [5, 5.41) is 0. The molecule has 0 radical (unpaired) electrons. The maximum Gasteiger partial charge on any atom is 0.261 e. The molecule has 1 saturated heterocycles. The van der Waals surface area contributed by atoms with E-state index < -0.39 is 13.0 Å². The zero-order valence-corrected chi connectivity index (χ0v) is 11.2. The summed E-state index contributed by atoms with van der Waals surface area (Å²) in [6, 6.07) is 0.0803. The Labute approximate surface area is 111 Å². The van der Waals surface area contributed by atoms with Gasteiger partial charge in [-0.05, 0) is 12.8 Å². The average Bonchev–Trinajstić information content (AvgIpc) is 2.59. The van der Waals surface area contributed by atoms with Gasteiger partial charge in [0.1, 0.15) is 6.61 Å². The van der Waals surface area contributed by atoms with Crippen molar-refractivity contribution in [1.29, 1.82) is 0 Å². The van der Waals surface area contributed by atoms with E-state index in [0.717, 1.165) is 25.7 Å². The summed E-state index contributed by atoms with van der Waals surface area (Å²) in [6.07, 6.45) is 1.78. The number of nitrogens with zero attached hydrogens (tertiary/aromatic N) is 1. The van der Waals surface area contributed by atoms with Crippen molar-refractivity contribution in [3.8, 4) is 0 Å².